The molecule has 0 aliphatic heterocycles. The van der Waals surface area contributed by atoms with Gasteiger partial charge in [-0.2, -0.15) is 5.10 Å². The highest BCUT2D eigenvalue weighted by Crippen LogP contribution is 2.21. The predicted octanol–water partition coefficient (Wildman–Crippen LogP) is 3.90. The number of nitrogens with one attached hydrogen (secondary N) is 2. The minimum Gasteiger partial charge on any atom is -0.343 e. The maximum absolute atomic E-state index is 14.1. The summed E-state index contributed by atoms with van der Waals surface area (Å²) in [5.41, 5.74) is 1.58. The van der Waals surface area contributed by atoms with E-state index in [9.17, 15) is 18.4 Å². The van der Waals surface area contributed by atoms with Gasteiger partial charge in [-0.25, -0.2) is 13.5 Å². The molecule has 0 saturated heterocycles. The molecule has 3 rings (SSSR count). The van der Waals surface area contributed by atoms with Crippen molar-refractivity contribution in [3.63, 3.8) is 0 Å². The van der Waals surface area contributed by atoms with Crippen LogP contribution in [0.1, 0.15) is 21.7 Å². The second-order valence-electron chi connectivity index (χ2n) is 6.29. The molecular formula is C20H17BrF2N4O2. The molecule has 0 aliphatic rings. The molecule has 0 spiro atoms. The molecule has 0 radical (unpaired) electrons. The first-order valence-electron chi connectivity index (χ1n) is 8.61. The van der Waals surface area contributed by atoms with Crippen molar-refractivity contribution in [2.45, 2.75) is 13.8 Å². The van der Waals surface area contributed by atoms with Crippen LogP contribution in [-0.2, 0) is 4.79 Å². The van der Waals surface area contributed by atoms with Gasteiger partial charge in [-0.3, -0.25) is 9.59 Å². The third kappa shape index (κ3) is 4.68. The lowest BCUT2D eigenvalue weighted by Gasteiger charge is -2.08. The van der Waals surface area contributed by atoms with Gasteiger partial charge in [-0.05, 0) is 50.2 Å². The SMILES string of the molecule is Cc1nn(-c2ccc(F)cc2F)c(C)c1C(=O)NCC(=O)Nc1ccc(Br)cc1. The van der Waals surface area contributed by atoms with Crippen LogP contribution in [0.2, 0.25) is 0 Å². The van der Waals surface area contributed by atoms with Crippen LogP contribution < -0.4 is 10.6 Å². The molecule has 0 saturated carbocycles. The van der Waals surface area contributed by atoms with Crippen LogP contribution in [-0.4, -0.2) is 28.1 Å². The molecule has 0 aliphatic carbocycles. The molecular weight excluding hydrogens is 446 g/mol. The van der Waals surface area contributed by atoms with Crippen molar-refractivity contribution in [1.29, 1.82) is 0 Å². The molecule has 2 N–H and O–H groups in total. The zero-order chi connectivity index (χ0) is 21.1. The number of hydrogen-bond acceptors (Lipinski definition) is 3. The molecule has 0 atom stereocenters. The summed E-state index contributed by atoms with van der Waals surface area (Å²) in [4.78, 5) is 24.6. The number of nitrogens with zero attached hydrogens (tertiary/aromatic N) is 2. The minimum atomic E-state index is -0.795. The second-order valence-corrected chi connectivity index (χ2v) is 7.21. The predicted molar refractivity (Wildman–Crippen MR) is 108 cm³/mol. The van der Waals surface area contributed by atoms with Crippen LogP contribution in [0.25, 0.3) is 5.69 Å². The summed E-state index contributed by atoms with van der Waals surface area (Å²) in [7, 11) is 0. The Bertz CT molecular complexity index is 1080. The number of carbonyl (C=O) groups is 2. The van der Waals surface area contributed by atoms with Crippen molar-refractivity contribution in [3.05, 3.63) is 75.5 Å². The molecule has 0 fully saturated rings. The number of amides is 2. The van der Waals surface area contributed by atoms with Gasteiger partial charge in [0.15, 0.2) is 5.82 Å². The van der Waals surface area contributed by atoms with Gasteiger partial charge in [-0.15, -0.1) is 0 Å². The van der Waals surface area contributed by atoms with Gasteiger partial charge in [-0.1, -0.05) is 15.9 Å². The Morgan fingerprint density at radius 2 is 1.79 bits per heavy atom. The summed E-state index contributed by atoms with van der Waals surface area (Å²) >= 11 is 3.31. The zero-order valence-electron chi connectivity index (χ0n) is 15.6. The van der Waals surface area contributed by atoms with Crippen molar-refractivity contribution < 1.29 is 18.4 Å². The van der Waals surface area contributed by atoms with Gasteiger partial charge in [0.25, 0.3) is 5.91 Å². The molecule has 0 unspecified atom stereocenters. The Balaban J connectivity index is 1.72. The van der Waals surface area contributed by atoms with E-state index in [0.29, 0.717) is 17.1 Å². The number of aromatic nitrogens is 2. The van der Waals surface area contributed by atoms with E-state index in [-0.39, 0.29) is 17.8 Å². The van der Waals surface area contributed by atoms with Crippen molar-refractivity contribution in [2.75, 3.05) is 11.9 Å². The molecule has 2 aromatic carbocycles. The molecule has 2 amide bonds. The fourth-order valence-electron chi connectivity index (χ4n) is 2.85. The maximum Gasteiger partial charge on any atom is 0.255 e. The third-order valence-corrected chi connectivity index (χ3v) is 4.72. The number of anilines is 1. The molecule has 0 bridgehead atoms. The van der Waals surface area contributed by atoms with Crippen LogP contribution in [0.4, 0.5) is 14.5 Å². The number of benzene rings is 2. The minimum absolute atomic E-state index is 0.0269. The van der Waals surface area contributed by atoms with Crippen molar-refractivity contribution >= 4 is 33.4 Å². The van der Waals surface area contributed by atoms with Crippen LogP contribution in [0, 0.1) is 25.5 Å². The number of rotatable bonds is 5. The van der Waals surface area contributed by atoms with Crippen LogP contribution >= 0.6 is 15.9 Å². The molecule has 29 heavy (non-hydrogen) atoms. The molecule has 1 aromatic heterocycles. The quantitative estimate of drug-likeness (QED) is 0.603. The summed E-state index contributed by atoms with van der Waals surface area (Å²) in [6.45, 7) is 2.95. The average molecular weight is 463 g/mol. The van der Waals surface area contributed by atoms with E-state index in [4.69, 9.17) is 0 Å². The lowest BCUT2D eigenvalue weighted by atomic mass is 10.2. The monoisotopic (exact) mass is 462 g/mol. The first kappa shape index (κ1) is 20.7. The van der Waals surface area contributed by atoms with E-state index in [2.05, 4.69) is 31.7 Å². The number of carbonyl (C=O) groups excluding carboxylic acids is 2. The van der Waals surface area contributed by atoms with Crippen LogP contribution in [0.15, 0.2) is 46.9 Å². The topological polar surface area (TPSA) is 76.0 Å². The molecule has 150 valence electrons. The Labute approximate surface area is 174 Å². The molecule has 9 heteroatoms. The van der Waals surface area contributed by atoms with Gasteiger partial charge in [0.2, 0.25) is 5.91 Å². The number of hydrogen-bond donors (Lipinski definition) is 2. The van der Waals surface area contributed by atoms with Crippen LogP contribution in [0.3, 0.4) is 0 Å². The highest BCUT2D eigenvalue weighted by atomic mass is 79.9. The molecule has 3 aromatic rings. The van der Waals surface area contributed by atoms with E-state index in [1.54, 1.807) is 38.1 Å². The Kier molecular flexibility index (Phi) is 6.07. The van der Waals surface area contributed by atoms with E-state index < -0.39 is 23.4 Å². The number of halogens is 3. The average Bonchev–Trinajstić information content (AvgIpc) is 2.96. The summed E-state index contributed by atoms with van der Waals surface area (Å²) in [5, 5.41) is 9.39. The van der Waals surface area contributed by atoms with Crippen LogP contribution in [0.5, 0.6) is 0 Å². The Morgan fingerprint density at radius 1 is 1.10 bits per heavy atom. The van der Waals surface area contributed by atoms with Gasteiger partial charge in [0.05, 0.1) is 23.5 Å². The highest BCUT2D eigenvalue weighted by molar-refractivity contribution is 9.10. The van der Waals surface area contributed by atoms with Crippen molar-refractivity contribution in [2.24, 2.45) is 0 Å². The first-order chi connectivity index (χ1) is 13.8. The Morgan fingerprint density at radius 3 is 2.45 bits per heavy atom. The standard InChI is InChI=1S/C20H17BrF2N4O2/c1-11-19(12(2)27(26-11)17-8-5-14(22)9-16(17)23)20(29)24-10-18(28)25-15-6-3-13(21)4-7-15/h3-9H,10H2,1-2H3,(H,24,29)(H,25,28). The fraction of sp³-hybridized carbons (Fsp3) is 0.150. The third-order valence-electron chi connectivity index (χ3n) is 4.19. The van der Waals surface area contributed by atoms with Gasteiger partial charge >= 0.3 is 0 Å². The molecule has 6 nitrogen and oxygen atoms in total. The Hall–Kier alpha value is -3.07. The number of aryl methyl sites for hydroxylation is 1. The van der Waals surface area contributed by atoms with E-state index >= 15 is 0 Å². The summed E-state index contributed by atoms with van der Waals surface area (Å²) in [5.74, 6) is -2.41. The van der Waals surface area contributed by atoms with Gasteiger partial charge in [0.1, 0.15) is 11.5 Å². The van der Waals surface area contributed by atoms with Crippen molar-refractivity contribution in [1.82, 2.24) is 15.1 Å². The summed E-state index contributed by atoms with van der Waals surface area (Å²) < 4.78 is 29.4. The van der Waals surface area contributed by atoms with E-state index in [0.717, 1.165) is 16.6 Å². The second kappa shape index (κ2) is 8.52. The maximum atomic E-state index is 14.1. The summed E-state index contributed by atoms with van der Waals surface area (Å²) in [6.07, 6.45) is 0. The van der Waals surface area contributed by atoms with E-state index in [1.807, 2.05) is 0 Å². The summed E-state index contributed by atoms with van der Waals surface area (Å²) in [6, 6.07) is 10.1. The fourth-order valence-corrected chi connectivity index (χ4v) is 3.11. The smallest absolute Gasteiger partial charge is 0.255 e. The van der Waals surface area contributed by atoms with Gasteiger partial charge < -0.3 is 10.6 Å². The normalized spacial score (nSPS) is 10.7. The van der Waals surface area contributed by atoms with Crippen molar-refractivity contribution in [3.8, 4) is 5.69 Å². The zero-order valence-corrected chi connectivity index (χ0v) is 17.2. The van der Waals surface area contributed by atoms with E-state index in [1.165, 1.54) is 10.7 Å². The first-order valence-corrected chi connectivity index (χ1v) is 9.41. The lowest BCUT2D eigenvalue weighted by Crippen LogP contribution is -2.33. The lowest BCUT2D eigenvalue weighted by molar-refractivity contribution is -0.115. The highest BCUT2D eigenvalue weighted by Gasteiger charge is 2.21. The largest absolute Gasteiger partial charge is 0.343 e. The van der Waals surface area contributed by atoms with Gasteiger partial charge in [0, 0.05) is 16.2 Å². The molecule has 1 heterocycles.